The molecule has 6 nitrogen and oxygen atoms in total. The molecule has 0 aliphatic carbocycles. The third kappa shape index (κ3) is 5.45. The van der Waals surface area contributed by atoms with Crippen LogP contribution in [0.25, 0.3) is 0 Å². The van der Waals surface area contributed by atoms with E-state index < -0.39 is 17.9 Å². The van der Waals surface area contributed by atoms with E-state index in [1.54, 1.807) is 4.90 Å². The van der Waals surface area contributed by atoms with Crippen molar-refractivity contribution in [3.8, 4) is 0 Å². The summed E-state index contributed by atoms with van der Waals surface area (Å²) in [4.78, 5) is 24.1. The Kier molecular flexibility index (Phi) is 5.92. The zero-order chi connectivity index (χ0) is 15.3. The molecule has 1 rings (SSSR count). The normalized spacial score (nSPS) is 18.5. The number of nitrogens with zero attached hydrogens (tertiary/aromatic N) is 1. The molecule has 1 heterocycles. The first kappa shape index (κ1) is 16.9. The lowest BCUT2D eigenvalue weighted by atomic mass is 9.92. The summed E-state index contributed by atoms with van der Waals surface area (Å²) in [5.74, 6) is 0.172. The maximum absolute atomic E-state index is 11.9. The predicted molar refractivity (Wildman–Crippen MR) is 74.1 cm³/mol. The van der Waals surface area contributed by atoms with Gasteiger partial charge in [-0.15, -0.1) is 11.6 Å². The average Bonchev–Trinajstić information content (AvgIpc) is 2.34. The molecule has 1 aliphatic rings. The summed E-state index contributed by atoms with van der Waals surface area (Å²) < 4.78 is 10.1. The molecule has 1 saturated heterocycles. The average molecular weight is 308 g/mol. The number of halogens is 1. The van der Waals surface area contributed by atoms with Crippen molar-refractivity contribution in [2.45, 2.75) is 45.3 Å². The van der Waals surface area contributed by atoms with Crippen LogP contribution in [-0.2, 0) is 9.47 Å². The van der Waals surface area contributed by atoms with Crippen LogP contribution >= 0.6 is 11.6 Å². The van der Waals surface area contributed by atoms with Gasteiger partial charge in [0.1, 0.15) is 11.7 Å². The monoisotopic (exact) mass is 307 g/mol. The fourth-order valence-corrected chi connectivity index (χ4v) is 2.48. The van der Waals surface area contributed by atoms with Crippen LogP contribution in [0, 0.1) is 5.92 Å². The molecule has 0 saturated carbocycles. The number of rotatable bonds is 3. The molecule has 1 aliphatic heterocycles. The van der Waals surface area contributed by atoms with Crippen LogP contribution in [0.2, 0.25) is 0 Å². The van der Waals surface area contributed by atoms with E-state index in [0.29, 0.717) is 25.9 Å². The Bertz CT molecular complexity index is 347. The molecule has 0 bridgehead atoms. The Balaban J connectivity index is 2.46. The number of piperidine rings is 1. The minimum absolute atomic E-state index is 0.0438. The fourth-order valence-electron chi connectivity index (χ4n) is 2.16. The van der Waals surface area contributed by atoms with Gasteiger partial charge in [0.05, 0.1) is 5.88 Å². The molecule has 20 heavy (non-hydrogen) atoms. The molecule has 0 aromatic rings. The number of amides is 1. The van der Waals surface area contributed by atoms with Gasteiger partial charge < -0.3 is 19.5 Å². The predicted octanol–water partition coefficient (Wildman–Crippen LogP) is 2.94. The standard InChI is InChI=1S/C13H22ClNO5/c1-13(2,3)20-11(16)15-6-4-9(5-7-15)10(8-14)19-12(17)18/h9-10H,4-8H2,1-3H3,(H,17,18). The van der Waals surface area contributed by atoms with Crippen LogP contribution in [0.15, 0.2) is 0 Å². The van der Waals surface area contributed by atoms with Gasteiger partial charge in [0.15, 0.2) is 0 Å². The molecule has 0 aromatic heterocycles. The van der Waals surface area contributed by atoms with Crippen molar-refractivity contribution < 1.29 is 24.2 Å². The molecule has 1 amide bonds. The van der Waals surface area contributed by atoms with Crippen molar-refractivity contribution in [2.24, 2.45) is 5.92 Å². The van der Waals surface area contributed by atoms with Gasteiger partial charge >= 0.3 is 12.2 Å². The molecule has 1 atom stereocenters. The van der Waals surface area contributed by atoms with Gasteiger partial charge in [0, 0.05) is 19.0 Å². The number of likely N-dealkylation sites (tertiary alicyclic amines) is 1. The fraction of sp³-hybridized carbons (Fsp3) is 0.846. The Morgan fingerprint density at radius 2 is 1.90 bits per heavy atom. The lowest BCUT2D eigenvalue weighted by Gasteiger charge is -2.35. The quantitative estimate of drug-likeness (QED) is 0.641. The Morgan fingerprint density at radius 1 is 1.35 bits per heavy atom. The first-order valence-electron chi connectivity index (χ1n) is 6.66. The van der Waals surface area contributed by atoms with Crippen LogP contribution in [0.1, 0.15) is 33.6 Å². The summed E-state index contributed by atoms with van der Waals surface area (Å²) in [7, 11) is 0. The second-order valence-electron chi connectivity index (χ2n) is 5.88. The number of alkyl halides is 1. The molecule has 1 fully saturated rings. The molecule has 0 radical (unpaired) electrons. The van der Waals surface area contributed by atoms with E-state index in [2.05, 4.69) is 0 Å². The van der Waals surface area contributed by atoms with Gasteiger partial charge in [-0.3, -0.25) is 0 Å². The van der Waals surface area contributed by atoms with E-state index in [1.807, 2.05) is 20.8 Å². The van der Waals surface area contributed by atoms with Crippen LogP contribution in [0.5, 0.6) is 0 Å². The molecule has 0 spiro atoms. The highest BCUT2D eigenvalue weighted by Gasteiger charge is 2.32. The van der Waals surface area contributed by atoms with E-state index in [9.17, 15) is 9.59 Å². The topological polar surface area (TPSA) is 76.1 Å². The van der Waals surface area contributed by atoms with Crippen LogP contribution in [-0.4, -0.2) is 52.9 Å². The Labute approximate surface area is 124 Å². The van der Waals surface area contributed by atoms with Gasteiger partial charge in [0.25, 0.3) is 0 Å². The lowest BCUT2D eigenvalue weighted by molar-refractivity contribution is -0.00132. The summed E-state index contributed by atoms with van der Waals surface area (Å²) >= 11 is 5.74. The maximum Gasteiger partial charge on any atom is 0.506 e. The maximum atomic E-state index is 11.9. The largest absolute Gasteiger partial charge is 0.506 e. The zero-order valence-electron chi connectivity index (χ0n) is 12.1. The van der Waals surface area contributed by atoms with Crippen LogP contribution in [0.4, 0.5) is 9.59 Å². The highest BCUT2D eigenvalue weighted by molar-refractivity contribution is 6.18. The highest BCUT2D eigenvalue weighted by atomic mass is 35.5. The molecule has 1 N–H and O–H groups in total. The number of carbonyl (C=O) groups excluding carboxylic acids is 1. The number of carboxylic acid groups (broad SMARTS) is 1. The van der Waals surface area contributed by atoms with Crippen molar-refractivity contribution in [2.75, 3.05) is 19.0 Å². The smallest absolute Gasteiger partial charge is 0.450 e. The van der Waals surface area contributed by atoms with E-state index >= 15 is 0 Å². The number of ether oxygens (including phenoxy) is 2. The van der Waals surface area contributed by atoms with Gasteiger partial charge in [-0.1, -0.05) is 0 Å². The lowest BCUT2D eigenvalue weighted by Crippen LogP contribution is -2.44. The second-order valence-corrected chi connectivity index (χ2v) is 6.19. The molecular formula is C13H22ClNO5. The van der Waals surface area contributed by atoms with E-state index in [4.69, 9.17) is 26.2 Å². The van der Waals surface area contributed by atoms with Crippen molar-refractivity contribution in [1.29, 1.82) is 0 Å². The minimum atomic E-state index is -1.31. The summed E-state index contributed by atoms with van der Waals surface area (Å²) in [6.07, 6.45) is -0.855. The van der Waals surface area contributed by atoms with Gasteiger partial charge in [-0.05, 0) is 33.6 Å². The third-order valence-electron chi connectivity index (χ3n) is 3.12. The molecule has 116 valence electrons. The van der Waals surface area contributed by atoms with Crippen molar-refractivity contribution >= 4 is 23.8 Å². The number of carbonyl (C=O) groups is 2. The van der Waals surface area contributed by atoms with Crippen LogP contribution in [0.3, 0.4) is 0 Å². The molecule has 1 unspecified atom stereocenters. The number of hydrogen-bond donors (Lipinski definition) is 1. The van der Waals surface area contributed by atoms with E-state index in [0.717, 1.165) is 0 Å². The van der Waals surface area contributed by atoms with Gasteiger partial charge in [-0.25, -0.2) is 9.59 Å². The number of hydrogen-bond acceptors (Lipinski definition) is 4. The third-order valence-corrected chi connectivity index (χ3v) is 3.43. The minimum Gasteiger partial charge on any atom is -0.450 e. The molecule has 7 heteroatoms. The van der Waals surface area contributed by atoms with Crippen molar-refractivity contribution in [3.05, 3.63) is 0 Å². The summed E-state index contributed by atoms with van der Waals surface area (Å²) in [6, 6.07) is 0. The Morgan fingerprint density at radius 3 is 2.30 bits per heavy atom. The first-order valence-corrected chi connectivity index (χ1v) is 7.20. The second kappa shape index (κ2) is 7.02. The highest BCUT2D eigenvalue weighted by Crippen LogP contribution is 2.25. The summed E-state index contributed by atoms with van der Waals surface area (Å²) in [5, 5.41) is 8.65. The molecule has 0 aromatic carbocycles. The van der Waals surface area contributed by atoms with Gasteiger partial charge in [0.2, 0.25) is 0 Å². The van der Waals surface area contributed by atoms with Gasteiger partial charge in [-0.2, -0.15) is 0 Å². The Hall–Kier alpha value is -1.17. The van der Waals surface area contributed by atoms with E-state index in [-0.39, 0.29) is 17.9 Å². The molecular weight excluding hydrogens is 286 g/mol. The van der Waals surface area contributed by atoms with Crippen molar-refractivity contribution in [3.63, 3.8) is 0 Å². The van der Waals surface area contributed by atoms with E-state index in [1.165, 1.54) is 0 Å². The SMILES string of the molecule is CC(C)(C)OC(=O)N1CCC(C(CCl)OC(=O)O)CC1. The zero-order valence-corrected chi connectivity index (χ0v) is 12.9. The van der Waals surface area contributed by atoms with Crippen molar-refractivity contribution in [1.82, 2.24) is 4.90 Å². The first-order chi connectivity index (χ1) is 9.23. The summed E-state index contributed by atoms with van der Waals surface area (Å²) in [5.41, 5.74) is -0.515. The summed E-state index contributed by atoms with van der Waals surface area (Å²) in [6.45, 7) is 6.51. The van der Waals surface area contributed by atoms with Crippen LogP contribution < -0.4 is 0 Å².